The highest BCUT2D eigenvalue weighted by molar-refractivity contribution is 9.10. The summed E-state index contributed by atoms with van der Waals surface area (Å²) >= 11 is 3.44. The van der Waals surface area contributed by atoms with Gasteiger partial charge in [0.2, 0.25) is 0 Å². The van der Waals surface area contributed by atoms with E-state index < -0.39 is 11.6 Å². The summed E-state index contributed by atoms with van der Waals surface area (Å²) in [7, 11) is 4.50. The van der Waals surface area contributed by atoms with Crippen molar-refractivity contribution in [3.63, 3.8) is 0 Å². The molecule has 1 aliphatic heterocycles. The lowest BCUT2D eigenvalue weighted by molar-refractivity contribution is -0.0383. The second-order valence-corrected chi connectivity index (χ2v) is 7.36. The van der Waals surface area contributed by atoms with E-state index in [1.54, 1.807) is 6.07 Å². The van der Waals surface area contributed by atoms with Crippen LogP contribution in [0.3, 0.4) is 0 Å². The summed E-state index contributed by atoms with van der Waals surface area (Å²) in [4.78, 5) is 13.4. The van der Waals surface area contributed by atoms with Gasteiger partial charge in [0.05, 0.1) is 25.8 Å². The Hall–Kier alpha value is -2.25. The number of hydrogen-bond donors (Lipinski definition) is 1. The Balaban J connectivity index is 2.07. The molecule has 1 aliphatic rings. The summed E-state index contributed by atoms with van der Waals surface area (Å²) in [6.45, 7) is 1.52. The molecular formula is C21H24BrNO5. The van der Waals surface area contributed by atoms with Crippen molar-refractivity contribution in [3.05, 3.63) is 52.0 Å². The van der Waals surface area contributed by atoms with Gasteiger partial charge >= 0.3 is 5.97 Å². The van der Waals surface area contributed by atoms with Crippen molar-refractivity contribution < 1.29 is 23.7 Å². The highest BCUT2D eigenvalue weighted by Gasteiger charge is 2.40. The van der Waals surface area contributed by atoms with Crippen molar-refractivity contribution in [1.29, 1.82) is 0 Å². The van der Waals surface area contributed by atoms with E-state index in [0.717, 1.165) is 18.7 Å². The molecule has 28 heavy (non-hydrogen) atoms. The maximum atomic E-state index is 13.4. The van der Waals surface area contributed by atoms with Crippen LogP contribution < -0.4 is 19.5 Å². The van der Waals surface area contributed by atoms with Crippen molar-refractivity contribution in [2.75, 3.05) is 34.4 Å². The Morgan fingerprint density at radius 2 is 1.64 bits per heavy atom. The van der Waals surface area contributed by atoms with E-state index in [0.29, 0.717) is 28.8 Å². The predicted octanol–water partition coefficient (Wildman–Crippen LogP) is 3.91. The van der Waals surface area contributed by atoms with E-state index in [1.165, 1.54) is 21.3 Å². The van der Waals surface area contributed by atoms with Gasteiger partial charge in [0.15, 0.2) is 17.2 Å². The molecule has 0 aromatic heterocycles. The van der Waals surface area contributed by atoms with Crippen LogP contribution in [0, 0.1) is 0 Å². The van der Waals surface area contributed by atoms with Gasteiger partial charge in [-0.1, -0.05) is 30.3 Å². The quantitative estimate of drug-likeness (QED) is 0.674. The van der Waals surface area contributed by atoms with Crippen molar-refractivity contribution in [2.24, 2.45) is 0 Å². The van der Waals surface area contributed by atoms with E-state index in [2.05, 4.69) is 21.2 Å². The van der Waals surface area contributed by atoms with E-state index in [-0.39, 0.29) is 11.3 Å². The number of esters is 1. The minimum Gasteiger partial charge on any atom is -0.495 e. The normalized spacial score (nSPS) is 15.6. The fourth-order valence-corrected chi connectivity index (χ4v) is 4.15. The molecule has 6 nitrogen and oxygen atoms in total. The molecule has 2 aromatic carbocycles. The zero-order valence-corrected chi connectivity index (χ0v) is 17.8. The van der Waals surface area contributed by atoms with Gasteiger partial charge in [0.1, 0.15) is 11.2 Å². The van der Waals surface area contributed by atoms with Crippen LogP contribution in [0.2, 0.25) is 0 Å². The number of carbonyl (C=O) groups excluding carboxylic acids is 1. The summed E-state index contributed by atoms with van der Waals surface area (Å²) in [6, 6.07) is 11.5. The minimum absolute atomic E-state index is 0.199. The molecule has 0 amide bonds. The fourth-order valence-electron chi connectivity index (χ4n) is 3.58. The number of piperidine rings is 1. The van der Waals surface area contributed by atoms with E-state index in [4.69, 9.17) is 18.9 Å². The zero-order chi connectivity index (χ0) is 20.1. The monoisotopic (exact) mass is 449 g/mol. The number of nitrogens with one attached hydrogen (secondary N) is 1. The maximum absolute atomic E-state index is 13.4. The smallest absolute Gasteiger partial charge is 0.346 e. The first-order valence-electron chi connectivity index (χ1n) is 9.04. The lowest BCUT2D eigenvalue weighted by Crippen LogP contribution is -2.43. The number of ether oxygens (including phenoxy) is 4. The first-order valence-corrected chi connectivity index (χ1v) is 9.83. The standard InChI is InChI=1S/C21H24BrNO5/c1-25-16-13-15(22)18(26-2)17(19(16)27-3)20(24)28-21(9-11-23-12-10-21)14-7-5-4-6-8-14/h4-8,13,23H,9-12H2,1-3H3. The molecule has 7 heteroatoms. The highest BCUT2D eigenvalue weighted by atomic mass is 79.9. The molecule has 1 fully saturated rings. The summed E-state index contributed by atoms with van der Waals surface area (Å²) in [6.07, 6.45) is 1.36. The summed E-state index contributed by atoms with van der Waals surface area (Å²) in [5.74, 6) is 0.532. The van der Waals surface area contributed by atoms with Gasteiger partial charge < -0.3 is 24.3 Å². The molecule has 0 atom stereocenters. The van der Waals surface area contributed by atoms with Gasteiger partial charge in [-0.2, -0.15) is 0 Å². The molecule has 0 bridgehead atoms. The SMILES string of the molecule is COc1cc(Br)c(OC)c(C(=O)OC2(c3ccccc3)CCNCC2)c1OC. The van der Waals surface area contributed by atoms with Crippen LogP contribution in [0.5, 0.6) is 17.2 Å². The average molecular weight is 450 g/mol. The number of benzene rings is 2. The van der Waals surface area contributed by atoms with Crippen LogP contribution in [0.4, 0.5) is 0 Å². The minimum atomic E-state index is -0.713. The van der Waals surface area contributed by atoms with Crippen molar-refractivity contribution in [3.8, 4) is 17.2 Å². The van der Waals surface area contributed by atoms with Crippen LogP contribution in [-0.4, -0.2) is 40.4 Å². The molecular weight excluding hydrogens is 426 g/mol. The first kappa shape index (κ1) is 20.5. The van der Waals surface area contributed by atoms with E-state index >= 15 is 0 Å². The molecule has 0 radical (unpaired) electrons. The zero-order valence-electron chi connectivity index (χ0n) is 16.2. The Morgan fingerprint density at radius 3 is 2.21 bits per heavy atom. The molecule has 0 spiro atoms. The third-order valence-corrected chi connectivity index (χ3v) is 5.57. The van der Waals surface area contributed by atoms with Gasteiger partial charge in [0, 0.05) is 18.9 Å². The Morgan fingerprint density at radius 1 is 1.00 bits per heavy atom. The van der Waals surface area contributed by atoms with Gasteiger partial charge in [-0.15, -0.1) is 0 Å². The summed E-state index contributed by atoms with van der Waals surface area (Å²) in [5, 5.41) is 3.33. The second kappa shape index (κ2) is 8.84. The van der Waals surface area contributed by atoms with Crippen LogP contribution >= 0.6 is 15.9 Å². The third kappa shape index (κ3) is 3.82. The van der Waals surface area contributed by atoms with E-state index in [9.17, 15) is 4.79 Å². The number of carbonyl (C=O) groups is 1. The average Bonchev–Trinajstić information content (AvgIpc) is 2.74. The molecule has 1 heterocycles. The van der Waals surface area contributed by atoms with Crippen LogP contribution in [0.15, 0.2) is 40.9 Å². The van der Waals surface area contributed by atoms with Crippen LogP contribution in [0.1, 0.15) is 28.8 Å². The number of rotatable bonds is 6. The fraction of sp³-hybridized carbons (Fsp3) is 0.381. The number of halogens is 1. The van der Waals surface area contributed by atoms with Crippen LogP contribution in [-0.2, 0) is 10.3 Å². The van der Waals surface area contributed by atoms with Gasteiger partial charge in [-0.3, -0.25) is 0 Å². The molecule has 1 N–H and O–H groups in total. The van der Waals surface area contributed by atoms with Crippen molar-refractivity contribution in [1.82, 2.24) is 5.32 Å². The summed E-state index contributed by atoms with van der Waals surface area (Å²) in [5.41, 5.74) is 0.463. The Labute approximate surface area is 173 Å². The second-order valence-electron chi connectivity index (χ2n) is 6.50. The summed E-state index contributed by atoms with van der Waals surface area (Å²) < 4.78 is 23.1. The topological polar surface area (TPSA) is 66.0 Å². The van der Waals surface area contributed by atoms with Gasteiger partial charge in [-0.05, 0) is 34.6 Å². The molecule has 1 saturated heterocycles. The van der Waals surface area contributed by atoms with Crippen molar-refractivity contribution in [2.45, 2.75) is 18.4 Å². The highest BCUT2D eigenvalue weighted by Crippen LogP contribution is 2.45. The van der Waals surface area contributed by atoms with Gasteiger partial charge in [-0.25, -0.2) is 4.79 Å². The molecule has 0 saturated carbocycles. The first-order chi connectivity index (χ1) is 13.6. The molecule has 0 aliphatic carbocycles. The van der Waals surface area contributed by atoms with Crippen LogP contribution in [0.25, 0.3) is 0 Å². The van der Waals surface area contributed by atoms with E-state index in [1.807, 2.05) is 30.3 Å². The predicted molar refractivity (Wildman–Crippen MR) is 109 cm³/mol. The molecule has 3 rings (SSSR count). The third-order valence-electron chi connectivity index (χ3n) is 4.98. The molecule has 2 aromatic rings. The van der Waals surface area contributed by atoms with Gasteiger partial charge in [0.25, 0.3) is 0 Å². The Bertz CT molecular complexity index is 834. The Kier molecular flexibility index (Phi) is 6.46. The van der Waals surface area contributed by atoms with Crippen molar-refractivity contribution >= 4 is 21.9 Å². The lowest BCUT2D eigenvalue weighted by atomic mass is 9.84. The maximum Gasteiger partial charge on any atom is 0.346 e. The largest absolute Gasteiger partial charge is 0.495 e. The number of hydrogen-bond acceptors (Lipinski definition) is 6. The lowest BCUT2D eigenvalue weighted by Gasteiger charge is -2.37. The number of methoxy groups -OCH3 is 3. The molecule has 0 unspecified atom stereocenters. The molecule has 150 valence electrons.